The summed E-state index contributed by atoms with van der Waals surface area (Å²) >= 11 is 0. The van der Waals surface area contributed by atoms with Gasteiger partial charge < -0.3 is 5.32 Å². The molecule has 1 aliphatic heterocycles. The van der Waals surface area contributed by atoms with E-state index >= 15 is 0 Å². The smallest absolute Gasteiger partial charge is 0.0935 e. The number of fused-ring (bicyclic) bond motifs is 2. The molecule has 5 rings (SSSR count). The van der Waals surface area contributed by atoms with Crippen LogP contribution in [0.15, 0.2) is 58.2 Å². The van der Waals surface area contributed by atoms with E-state index < -0.39 is 0 Å². The maximum atomic E-state index is 5.65. The molecular formula is C31H40N2. The molecule has 0 fully saturated rings. The first-order valence-electron chi connectivity index (χ1n) is 12.7. The highest BCUT2D eigenvalue weighted by Crippen LogP contribution is 2.60. The van der Waals surface area contributed by atoms with Gasteiger partial charge in [-0.2, -0.15) is 0 Å². The van der Waals surface area contributed by atoms with Gasteiger partial charge in [-0.1, -0.05) is 70.5 Å². The Kier molecular flexibility index (Phi) is 4.50. The molecule has 2 heteroatoms. The molecule has 1 heterocycles. The van der Waals surface area contributed by atoms with E-state index in [1.165, 1.54) is 50.0 Å². The number of hydrogen-bond acceptors (Lipinski definition) is 2. The summed E-state index contributed by atoms with van der Waals surface area (Å²) < 4.78 is 0. The van der Waals surface area contributed by atoms with Crippen LogP contribution in [0.1, 0.15) is 92.3 Å². The number of rotatable bonds is 4. The normalized spacial score (nSPS) is 28.7. The Bertz CT molecular complexity index is 1280. The Morgan fingerprint density at radius 3 is 2.36 bits per heavy atom. The van der Waals surface area contributed by atoms with Crippen LogP contribution in [0.3, 0.4) is 0 Å². The summed E-state index contributed by atoms with van der Waals surface area (Å²) in [6.45, 7) is 23.4. The summed E-state index contributed by atoms with van der Waals surface area (Å²) in [5.41, 5.74) is 9.33. The zero-order valence-corrected chi connectivity index (χ0v) is 22.2. The molecule has 174 valence electrons. The Morgan fingerprint density at radius 2 is 1.73 bits per heavy atom. The van der Waals surface area contributed by atoms with Gasteiger partial charge in [0.1, 0.15) is 0 Å². The van der Waals surface area contributed by atoms with Crippen molar-refractivity contribution in [3.63, 3.8) is 0 Å². The van der Waals surface area contributed by atoms with E-state index in [1.807, 2.05) is 0 Å². The molecular weight excluding hydrogens is 400 g/mol. The van der Waals surface area contributed by atoms with Gasteiger partial charge in [0.2, 0.25) is 0 Å². The lowest BCUT2D eigenvalue weighted by Crippen LogP contribution is -2.61. The lowest BCUT2D eigenvalue weighted by Gasteiger charge is -2.57. The molecule has 0 aromatic heterocycles. The molecule has 2 aromatic rings. The van der Waals surface area contributed by atoms with Crippen LogP contribution in [0.4, 0.5) is 0 Å². The molecule has 1 N–H and O–H groups in total. The molecule has 33 heavy (non-hydrogen) atoms. The van der Waals surface area contributed by atoms with Crippen LogP contribution >= 0.6 is 0 Å². The van der Waals surface area contributed by atoms with Gasteiger partial charge in [0.25, 0.3) is 0 Å². The summed E-state index contributed by atoms with van der Waals surface area (Å²) in [7, 11) is 0. The molecule has 0 saturated heterocycles. The molecule has 3 aliphatic rings. The van der Waals surface area contributed by atoms with E-state index in [-0.39, 0.29) is 21.8 Å². The van der Waals surface area contributed by atoms with E-state index in [0.29, 0.717) is 6.04 Å². The average molecular weight is 441 g/mol. The Labute approximate surface area is 200 Å². The minimum Gasteiger partial charge on any atom is -0.386 e. The summed E-state index contributed by atoms with van der Waals surface area (Å²) in [5, 5.41) is 6.48. The third-order valence-corrected chi connectivity index (χ3v) is 9.39. The van der Waals surface area contributed by atoms with Crippen molar-refractivity contribution in [3.05, 3.63) is 69.9 Å². The summed E-state index contributed by atoms with van der Waals surface area (Å²) in [4.78, 5) is 5.65. The fourth-order valence-electron chi connectivity index (χ4n) is 6.54. The highest BCUT2D eigenvalue weighted by atomic mass is 15.0. The van der Waals surface area contributed by atoms with Gasteiger partial charge in [-0.15, -0.1) is 0 Å². The number of hydrogen-bond donors (Lipinski definition) is 1. The first-order valence-corrected chi connectivity index (χ1v) is 12.7. The van der Waals surface area contributed by atoms with E-state index in [2.05, 4.69) is 111 Å². The predicted octanol–water partition coefficient (Wildman–Crippen LogP) is 7.60. The Balaban J connectivity index is 1.94. The lowest BCUT2D eigenvalue weighted by molar-refractivity contribution is 0.283. The second kappa shape index (κ2) is 6.62. The van der Waals surface area contributed by atoms with E-state index in [0.717, 1.165) is 6.42 Å². The second-order valence-corrected chi connectivity index (χ2v) is 12.3. The van der Waals surface area contributed by atoms with Gasteiger partial charge in [0, 0.05) is 22.7 Å². The minimum absolute atomic E-state index is 0.100. The minimum atomic E-state index is -0.246. The molecule has 0 radical (unpaired) electrons. The molecule has 2 aromatic carbocycles. The van der Waals surface area contributed by atoms with Crippen molar-refractivity contribution in [2.75, 3.05) is 0 Å². The van der Waals surface area contributed by atoms with E-state index in [9.17, 15) is 0 Å². The van der Waals surface area contributed by atoms with E-state index in [1.54, 1.807) is 0 Å². The number of nitrogens with zero attached hydrogens (tertiary/aromatic N) is 1. The number of nitrogens with one attached hydrogen (secondary N) is 1. The third kappa shape index (κ3) is 2.64. The zero-order chi connectivity index (χ0) is 24.1. The first kappa shape index (κ1) is 22.4. The van der Waals surface area contributed by atoms with Gasteiger partial charge in [-0.25, -0.2) is 0 Å². The molecule has 0 saturated carbocycles. The van der Waals surface area contributed by atoms with Gasteiger partial charge in [-0.05, 0) is 80.0 Å². The third-order valence-electron chi connectivity index (χ3n) is 9.39. The van der Waals surface area contributed by atoms with Crippen molar-refractivity contribution < 1.29 is 0 Å². The number of aliphatic imine (C=N–C) groups is 1. The summed E-state index contributed by atoms with van der Waals surface area (Å²) in [6, 6.07) is 12.0. The summed E-state index contributed by atoms with van der Waals surface area (Å²) in [5.74, 6) is 0. The maximum Gasteiger partial charge on any atom is 0.0935 e. The van der Waals surface area contributed by atoms with Crippen LogP contribution in [0, 0.1) is 5.41 Å². The average Bonchev–Trinajstić information content (AvgIpc) is 2.74. The maximum absolute atomic E-state index is 5.65. The fourth-order valence-corrected chi connectivity index (χ4v) is 6.54. The van der Waals surface area contributed by atoms with Gasteiger partial charge in [-0.3, -0.25) is 4.99 Å². The standard InChI is InChI=1S/C31H40N2/c1-11-28(5,6)19(4)26-27-25-22(31(10)23(32-18(2)3)17-30(31,9)33-27)16-15-20-13-12-14-21(24(20)25)29(26,7)8/h12-18,32H,11H2,1-10H3/b26-19-. The van der Waals surface area contributed by atoms with E-state index in [4.69, 9.17) is 4.99 Å². The van der Waals surface area contributed by atoms with Crippen molar-refractivity contribution in [1.82, 2.24) is 5.32 Å². The highest BCUT2D eigenvalue weighted by molar-refractivity contribution is 6.26. The molecule has 2 atom stereocenters. The zero-order valence-electron chi connectivity index (χ0n) is 22.2. The van der Waals surface area contributed by atoms with Crippen LogP contribution in [0.25, 0.3) is 10.8 Å². The molecule has 2 nitrogen and oxygen atoms in total. The fraction of sp³-hybridized carbons (Fsp3) is 0.516. The second-order valence-electron chi connectivity index (χ2n) is 12.3. The first-order chi connectivity index (χ1) is 15.3. The molecule has 0 spiro atoms. The van der Waals surface area contributed by atoms with Gasteiger partial charge in [0.05, 0.1) is 16.7 Å². The number of benzene rings is 2. The van der Waals surface area contributed by atoms with Crippen LogP contribution in [0.5, 0.6) is 0 Å². The van der Waals surface area contributed by atoms with Gasteiger partial charge >= 0.3 is 0 Å². The van der Waals surface area contributed by atoms with Crippen molar-refractivity contribution in [1.29, 1.82) is 0 Å². The summed E-state index contributed by atoms with van der Waals surface area (Å²) in [6.07, 6.45) is 3.49. The van der Waals surface area contributed by atoms with Crippen molar-refractivity contribution >= 4 is 16.5 Å². The largest absolute Gasteiger partial charge is 0.386 e. The van der Waals surface area contributed by atoms with Crippen molar-refractivity contribution in [2.45, 2.75) is 98.1 Å². The quantitative estimate of drug-likeness (QED) is 0.520. The highest BCUT2D eigenvalue weighted by Gasteiger charge is 2.60. The monoisotopic (exact) mass is 440 g/mol. The molecule has 0 bridgehead atoms. The predicted molar refractivity (Wildman–Crippen MR) is 142 cm³/mol. The van der Waals surface area contributed by atoms with Crippen molar-refractivity contribution in [3.8, 4) is 0 Å². The number of allylic oxidation sites excluding steroid dienone is 2. The molecule has 0 amide bonds. The molecule has 2 aliphatic carbocycles. The van der Waals surface area contributed by atoms with Crippen LogP contribution in [-0.2, 0) is 10.8 Å². The topological polar surface area (TPSA) is 24.4 Å². The van der Waals surface area contributed by atoms with Gasteiger partial charge in [0.15, 0.2) is 0 Å². The van der Waals surface area contributed by atoms with Crippen LogP contribution < -0.4 is 5.32 Å². The van der Waals surface area contributed by atoms with Crippen LogP contribution in [0.2, 0.25) is 0 Å². The Hall–Kier alpha value is -2.35. The van der Waals surface area contributed by atoms with Crippen molar-refractivity contribution in [2.24, 2.45) is 10.4 Å². The lowest BCUT2D eigenvalue weighted by atomic mass is 9.52. The van der Waals surface area contributed by atoms with Crippen LogP contribution in [-0.4, -0.2) is 17.3 Å². The molecule has 2 unspecified atom stereocenters. The Morgan fingerprint density at radius 1 is 1.03 bits per heavy atom. The SMILES string of the molecule is CCC(C)(C)/C(C)=C1/C2=NC3(C)C=C(NC(C)C)C3(C)c3ccc4cccc(c4c32)C1(C)C.